The first-order chi connectivity index (χ1) is 24.2. The third-order valence-electron chi connectivity index (χ3n) is 7.06. The lowest BCUT2D eigenvalue weighted by atomic mass is 9.97. The zero-order valence-electron chi connectivity index (χ0n) is 26.2. The van der Waals surface area contributed by atoms with E-state index in [2.05, 4.69) is 0 Å². The fourth-order valence-corrected chi connectivity index (χ4v) is 6.34. The molecule has 0 aliphatic rings. The predicted molar refractivity (Wildman–Crippen MR) is 168 cm³/mol. The third-order valence-corrected chi connectivity index (χ3v) is 8.85. The van der Waals surface area contributed by atoms with E-state index in [0.29, 0.717) is 0 Å². The Morgan fingerprint density at radius 2 is 0.885 bits per heavy atom. The van der Waals surface area contributed by atoms with E-state index in [9.17, 15) is 63.1 Å². The molecule has 2 heterocycles. The summed E-state index contributed by atoms with van der Waals surface area (Å²) < 4.78 is 156. The molecule has 0 atom stereocenters. The predicted octanol–water partition coefficient (Wildman–Crippen LogP) is 8.89. The third kappa shape index (κ3) is 7.21. The summed E-state index contributed by atoms with van der Waals surface area (Å²) in [5.41, 5.74) is -1.79. The molecule has 2 aromatic carbocycles. The summed E-state index contributed by atoms with van der Waals surface area (Å²) in [5, 5.41) is 2.48. The molecule has 52 heavy (non-hydrogen) atoms. The van der Waals surface area contributed by atoms with Crippen molar-refractivity contribution in [2.75, 3.05) is 23.8 Å². The highest BCUT2D eigenvalue weighted by Crippen LogP contribution is 2.54. The number of esters is 2. The average molecular weight is 785 g/mol. The summed E-state index contributed by atoms with van der Waals surface area (Å²) in [7, 11) is 0. The Bertz CT molecular complexity index is 1840. The van der Waals surface area contributed by atoms with Gasteiger partial charge in [-0.1, -0.05) is 24.3 Å². The lowest BCUT2D eigenvalue weighted by Gasteiger charge is -2.35. The number of alkyl halides is 8. The second kappa shape index (κ2) is 14.9. The van der Waals surface area contributed by atoms with Gasteiger partial charge in [-0.15, -0.1) is 22.7 Å². The van der Waals surface area contributed by atoms with Crippen LogP contribution >= 0.6 is 22.7 Å². The molecule has 278 valence electrons. The summed E-state index contributed by atoms with van der Waals surface area (Å²) in [6.45, 7) is 1.97. The molecular formula is C32H22F10N2O6S2. The van der Waals surface area contributed by atoms with E-state index in [1.54, 1.807) is 0 Å². The maximum atomic E-state index is 15.0. The SMILES string of the molecule is CCOC(=O)c1c(-c2ccc(F)cc2)csc1NC(=O)C(F)(F)C(F)(F)C(F)(F)C(F)(F)C(=O)Nc1scc(-c2ccc(F)cc2)c1C(=O)OCC. The van der Waals surface area contributed by atoms with Crippen molar-refractivity contribution in [1.29, 1.82) is 0 Å². The van der Waals surface area contributed by atoms with Gasteiger partial charge in [-0.05, 0) is 49.2 Å². The number of halogens is 10. The largest absolute Gasteiger partial charge is 0.462 e. The standard InChI is InChI=1S/C32H22F10N2O6S2/c1-3-49-25(45)21-19(15-5-9-17(33)10-6-15)13-51-23(21)43-27(47)29(35,36)31(39,40)32(41,42)30(37,38)28(48)44-24-22(26(46)50-4-2)20(14-52-24)16-7-11-18(34)12-8-16/h5-14H,3-4H2,1-2H3,(H,43,47)(H,44,48). The molecule has 2 N–H and O–H groups in total. The van der Waals surface area contributed by atoms with Crippen LogP contribution in [0.1, 0.15) is 34.6 Å². The van der Waals surface area contributed by atoms with Crippen LogP contribution in [0.5, 0.6) is 0 Å². The molecule has 20 heteroatoms. The van der Waals surface area contributed by atoms with Crippen molar-refractivity contribution in [3.05, 3.63) is 82.1 Å². The van der Waals surface area contributed by atoms with E-state index in [1.807, 2.05) is 0 Å². The molecule has 4 aromatic rings. The summed E-state index contributed by atoms with van der Waals surface area (Å²) in [6, 6.07) is 8.13. The number of rotatable bonds is 13. The van der Waals surface area contributed by atoms with Gasteiger partial charge in [0.1, 0.15) is 32.8 Å². The van der Waals surface area contributed by atoms with Crippen molar-refractivity contribution in [2.45, 2.75) is 37.5 Å². The molecule has 0 fully saturated rings. The highest BCUT2D eigenvalue weighted by atomic mass is 32.1. The molecule has 0 unspecified atom stereocenters. The number of anilines is 2. The lowest BCUT2D eigenvalue weighted by Crippen LogP contribution is -2.67. The Morgan fingerprint density at radius 3 is 1.17 bits per heavy atom. The van der Waals surface area contributed by atoms with E-state index in [1.165, 1.54) is 24.5 Å². The quantitative estimate of drug-likeness (QED) is 0.104. The molecule has 4 rings (SSSR count). The van der Waals surface area contributed by atoms with E-state index in [4.69, 9.17) is 9.47 Å². The molecule has 8 nitrogen and oxygen atoms in total. The molecule has 0 aliphatic carbocycles. The monoisotopic (exact) mass is 784 g/mol. The molecule has 0 saturated heterocycles. The molecule has 0 spiro atoms. The molecule has 0 radical (unpaired) electrons. The van der Waals surface area contributed by atoms with Gasteiger partial charge in [-0.2, -0.15) is 35.1 Å². The highest BCUT2D eigenvalue weighted by Gasteiger charge is 2.84. The first-order valence-corrected chi connectivity index (χ1v) is 16.2. The van der Waals surface area contributed by atoms with Crippen molar-refractivity contribution in [1.82, 2.24) is 0 Å². The normalized spacial score (nSPS) is 12.3. The Morgan fingerprint density at radius 1 is 0.577 bits per heavy atom. The van der Waals surface area contributed by atoms with Crippen molar-refractivity contribution >= 4 is 56.4 Å². The smallest absolute Gasteiger partial charge is 0.393 e. The summed E-state index contributed by atoms with van der Waals surface area (Å²) in [5.74, 6) is -38.7. The van der Waals surface area contributed by atoms with Crippen LogP contribution in [-0.2, 0) is 19.1 Å². The first kappa shape index (κ1) is 39.8. The van der Waals surface area contributed by atoms with Crippen LogP contribution in [0.4, 0.5) is 53.9 Å². The second-order valence-corrected chi connectivity index (χ2v) is 12.1. The molecular weight excluding hydrogens is 762 g/mol. The fraction of sp³-hybridized carbons (Fsp3) is 0.250. The minimum atomic E-state index is -7.30. The van der Waals surface area contributed by atoms with Gasteiger partial charge in [-0.3, -0.25) is 9.59 Å². The van der Waals surface area contributed by atoms with Crippen LogP contribution < -0.4 is 10.6 Å². The van der Waals surface area contributed by atoms with Gasteiger partial charge in [0.2, 0.25) is 0 Å². The van der Waals surface area contributed by atoms with E-state index < -0.39 is 80.2 Å². The number of hydrogen-bond acceptors (Lipinski definition) is 8. The van der Waals surface area contributed by atoms with Crippen molar-refractivity contribution < 1.29 is 72.6 Å². The van der Waals surface area contributed by atoms with E-state index in [-0.39, 0.29) is 58.1 Å². The molecule has 0 aliphatic heterocycles. The van der Waals surface area contributed by atoms with E-state index >= 15 is 0 Å². The second-order valence-electron chi connectivity index (χ2n) is 10.4. The van der Waals surface area contributed by atoms with Gasteiger partial charge in [0.05, 0.1) is 13.2 Å². The number of hydrogen-bond donors (Lipinski definition) is 2. The van der Waals surface area contributed by atoms with Gasteiger partial charge < -0.3 is 20.1 Å². The van der Waals surface area contributed by atoms with Gasteiger partial charge in [0.15, 0.2) is 0 Å². The van der Waals surface area contributed by atoms with E-state index in [0.717, 1.165) is 59.3 Å². The average Bonchev–Trinajstić information content (AvgIpc) is 3.69. The topological polar surface area (TPSA) is 111 Å². The van der Waals surface area contributed by atoms with Crippen LogP contribution in [0.15, 0.2) is 59.3 Å². The zero-order chi connectivity index (χ0) is 38.8. The summed E-state index contributed by atoms with van der Waals surface area (Å²) in [6.07, 6.45) is 0. The number of amides is 2. The number of benzene rings is 2. The van der Waals surface area contributed by atoms with Crippen molar-refractivity contribution in [3.63, 3.8) is 0 Å². The Balaban J connectivity index is 1.65. The number of carbonyl (C=O) groups is 4. The minimum Gasteiger partial charge on any atom is -0.462 e. The van der Waals surface area contributed by atoms with Crippen LogP contribution in [0.25, 0.3) is 22.3 Å². The molecule has 2 aromatic heterocycles. The van der Waals surface area contributed by atoms with Crippen LogP contribution in [0.2, 0.25) is 0 Å². The molecule has 0 bridgehead atoms. The van der Waals surface area contributed by atoms with Crippen LogP contribution in [0, 0.1) is 11.6 Å². The molecule has 0 saturated carbocycles. The Labute approximate surface area is 294 Å². The van der Waals surface area contributed by atoms with Crippen LogP contribution in [-0.4, -0.2) is 60.7 Å². The van der Waals surface area contributed by atoms with Gasteiger partial charge in [0, 0.05) is 21.9 Å². The summed E-state index contributed by atoms with van der Waals surface area (Å²) >= 11 is 0.504. The lowest BCUT2D eigenvalue weighted by molar-refractivity contribution is -0.345. The highest BCUT2D eigenvalue weighted by molar-refractivity contribution is 7.15. The van der Waals surface area contributed by atoms with Gasteiger partial charge >= 0.3 is 47.4 Å². The van der Waals surface area contributed by atoms with Crippen molar-refractivity contribution in [3.8, 4) is 22.3 Å². The fourth-order valence-electron chi connectivity index (χ4n) is 4.44. The number of carbonyl (C=O) groups excluding carboxylic acids is 4. The number of nitrogens with one attached hydrogen (secondary N) is 2. The minimum absolute atomic E-state index is 0.0390. The molecule has 2 amide bonds. The number of ether oxygens (including phenoxy) is 2. The van der Waals surface area contributed by atoms with Gasteiger partial charge in [-0.25, -0.2) is 18.4 Å². The number of thiophene rings is 2. The van der Waals surface area contributed by atoms with Crippen LogP contribution in [0.3, 0.4) is 0 Å². The van der Waals surface area contributed by atoms with Crippen molar-refractivity contribution in [2.24, 2.45) is 0 Å². The van der Waals surface area contributed by atoms with Gasteiger partial charge in [0.25, 0.3) is 0 Å². The maximum absolute atomic E-state index is 15.0. The Hall–Kier alpha value is -4.98. The maximum Gasteiger partial charge on any atom is 0.393 e. The summed E-state index contributed by atoms with van der Waals surface area (Å²) in [4.78, 5) is 50.3. The Kier molecular flexibility index (Phi) is 11.4. The first-order valence-electron chi connectivity index (χ1n) is 14.5. The zero-order valence-corrected chi connectivity index (χ0v) is 27.9.